The quantitative estimate of drug-likeness (QED) is 0.888. The summed E-state index contributed by atoms with van der Waals surface area (Å²) >= 11 is 1.63. The van der Waals surface area contributed by atoms with Gasteiger partial charge in [0.25, 0.3) is 0 Å². The molecule has 0 aromatic heterocycles. The van der Waals surface area contributed by atoms with E-state index in [1.807, 2.05) is 18.2 Å². The summed E-state index contributed by atoms with van der Waals surface area (Å²) in [6.45, 7) is 0. The molecule has 114 valence electrons. The summed E-state index contributed by atoms with van der Waals surface area (Å²) in [5, 5.41) is 5.51. The van der Waals surface area contributed by atoms with Gasteiger partial charge in [0.2, 0.25) is 0 Å². The molecule has 2 aromatic rings. The number of hydrogen-bond acceptors (Lipinski definition) is 4. The highest BCUT2D eigenvalue weighted by Crippen LogP contribution is 2.33. The van der Waals surface area contributed by atoms with Crippen LogP contribution in [0.2, 0.25) is 0 Å². The summed E-state index contributed by atoms with van der Waals surface area (Å²) in [6, 6.07) is 18.8. The highest BCUT2D eigenvalue weighted by Gasteiger charge is 2.23. The van der Waals surface area contributed by atoms with Crippen LogP contribution in [-0.2, 0) is 6.42 Å². The minimum Gasteiger partial charge on any atom is -0.497 e. The molecule has 0 amide bonds. The predicted octanol–water partition coefficient (Wildman–Crippen LogP) is 3.44. The number of ether oxygens (including phenoxy) is 1. The van der Waals surface area contributed by atoms with E-state index in [2.05, 4.69) is 47.1 Å². The molecule has 3 nitrogen and oxygen atoms in total. The van der Waals surface area contributed by atoms with E-state index < -0.39 is 0 Å². The molecule has 0 bridgehead atoms. The summed E-state index contributed by atoms with van der Waals surface area (Å²) in [7, 11) is 1.69. The molecule has 2 atom stereocenters. The fourth-order valence-corrected chi connectivity index (χ4v) is 3.38. The van der Waals surface area contributed by atoms with Gasteiger partial charge in [-0.05, 0) is 35.1 Å². The van der Waals surface area contributed by atoms with Crippen molar-refractivity contribution in [1.29, 1.82) is 0 Å². The monoisotopic (exact) mass is 312 g/mol. The first kappa shape index (κ1) is 15.0. The van der Waals surface area contributed by atoms with Gasteiger partial charge in [0.05, 0.1) is 7.11 Å². The van der Waals surface area contributed by atoms with Gasteiger partial charge in [-0.15, -0.1) is 0 Å². The van der Waals surface area contributed by atoms with Gasteiger partial charge in [0.15, 0.2) is 0 Å². The van der Waals surface area contributed by atoms with Gasteiger partial charge >= 0.3 is 0 Å². The zero-order valence-corrected chi connectivity index (χ0v) is 13.3. The van der Waals surface area contributed by atoms with E-state index in [9.17, 15) is 0 Å². The van der Waals surface area contributed by atoms with Crippen LogP contribution >= 0.6 is 11.8 Å². The Morgan fingerprint density at radius 3 is 2.45 bits per heavy atom. The molecule has 2 aromatic carbocycles. The van der Waals surface area contributed by atoms with E-state index in [0.29, 0.717) is 0 Å². The summed E-state index contributed by atoms with van der Waals surface area (Å²) in [6.07, 6.45) is 0.944. The largest absolute Gasteiger partial charge is 0.497 e. The van der Waals surface area contributed by atoms with Gasteiger partial charge in [-0.3, -0.25) is 0 Å². The van der Waals surface area contributed by atoms with Crippen molar-refractivity contribution in [2.45, 2.75) is 17.8 Å². The van der Waals surface area contributed by atoms with Crippen LogP contribution in [0.25, 0.3) is 0 Å². The van der Waals surface area contributed by atoms with E-state index in [-0.39, 0.29) is 11.4 Å². The van der Waals surface area contributed by atoms with E-state index in [0.717, 1.165) is 12.2 Å². The summed E-state index contributed by atoms with van der Waals surface area (Å²) in [4.78, 5) is 0. The molecule has 0 saturated carbocycles. The molecule has 0 saturated heterocycles. The Bertz CT molecular complexity index is 640. The number of benzene rings is 2. The average molecular weight is 312 g/mol. The van der Waals surface area contributed by atoms with Crippen LogP contribution in [0.4, 0.5) is 0 Å². The Balaban J connectivity index is 1.88. The molecule has 3 rings (SSSR count). The topological polar surface area (TPSA) is 47.3 Å². The average Bonchev–Trinajstić information content (AvgIpc) is 3.00. The van der Waals surface area contributed by atoms with Crippen LogP contribution in [0, 0.1) is 0 Å². The first-order valence-electron chi connectivity index (χ1n) is 7.32. The first-order valence-corrected chi connectivity index (χ1v) is 8.26. The van der Waals surface area contributed by atoms with E-state index in [1.165, 1.54) is 16.8 Å². The second-order valence-corrected chi connectivity index (χ2v) is 6.31. The lowest BCUT2D eigenvalue weighted by molar-refractivity contribution is 0.414. The minimum atomic E-state index is -0.0495. The molecule has 4 heteroatoms. The number of hydrogen-bond donors (Lipinski definition) is 2. The molecule has 0 radical (unpaired) electrons. The summed E-state index contributed by atoms with van der Waals surface area (Å²) < 4.78 is 5.26. The van der Waals surface area contributed by atoms with Crippen molar-refractivity contribution in [3.63, 3.8) is 0 Å². The number of thioether (sulfide) groups is 1. The smallest absolute Gasteiger partial charge is 0.127 e. The van der Waals surface area contributed by atoms with Crippen molar-refractivity contribution in [2.24, 2.45) is 5.73 Å². The second-order valence-electron chi connectivity index (χ2n) is 5.29. The Morgan fingerprint density at radius 2 is 1.86 bits per heavy atom. The Kier molecular flexibility index (Phi) is 4.71. The maximum atomic E-state index is 5.96. The molecule has 1 aliphatic heterocycles. The van der Waals surface area contributed by atoms with Gasteiger partial charge < -0.3 is 15.8 Å². The van der Waals surface area contributed by atoms with Gasteiger partial charge in [0, 0.05) is 11.6 Å². The van der Waals surface area contributed by atoms with Crippen molar-refractivity contribution < 1.29 is 4.74 Å². The van der Waals surface area contributed by atoms with Crippen molar-refractivity contribution in [1.82, 2.24) is 5.32 Å². The van der Waals surface area contributed by atoms with Crippen LogP contribution in [0.5, 0.6) is 5.75 Å². The number of nitrogens with one attached hydrogen (secondary N) is 1. The lowest BCUT2D eigenvalue weighted by atomic mass is 9.89. The molecule has 0 aliphatic carbocycles. The second kappa shape index (κ2) is 6.90. The third-order valence-electron chi connectivity index (χ3n) is 3.83. The maximum absolute atomic E-state index is 5.96. The number of rotatable bonds is 5. The Hall–Kier alpha value is -1.91. The fraction of sp³-hybridized carbons (Fsp3) is 0.222. The molecular formula is C18H20N2OS. The third-order valence-corrected chi connectivity index (χ3v) is 4.63. The molecular weight excluding hydrogens is 292 g/mol. The van der Waals surface area contributed by atoms with Crippen molar-refractivity contribution in [3.8, 4) is 5.75 Å². The molecule has 0 spiro atoms. The predicted molar refractivity (Wildman–Crippen MR) is 92.7 cm³/mol. The normalized spacial score (nSPS) is 18.5. The molecule has 22 heavy (non-hydrogen) atoms. The van der Waals surface area contributed by atoms with E-state index in [4.69, 9.17) is 10.5 Å². The Morgan fingerprint density at radius 1 is 1.14 bits per heavy atom. The van der Waals surface area contributed by atoms with Crippen molar-refractivity contribution in [2.75, 3.05) is 7.11 Å². The van der Waals surface area contributed by atoms with Crippen LogP contribution in [0.3, 0.4) is 0 Å². The number of methoxy groups -OCH3 is 1. The third kappa shape index (κ3) is 3.46. The zero-order chi connectivity index (χ0) is 15.4. The van der Waals surface area contributed by atoms with E-state index >= 15 is 0 Å². The SMILES string of the molecule is COc1ccc(C(Cc2ccccc2)C2=CSC(N)N2)cc1. The lowest BCUT2D eigenvalue weighted by Gasteiger charge is -2.21. The molecule has 0 fully saturated rings. The van der Waals surface area contributed by atoms with Crippen molar-refractivity contribution in [3.05, 3.63) is 76.8 Å². The summed E-state index contributed by atoms with van der Waals surface area (Å²) in [5.74, 6) is 1.15. The van der Waals surface area contributed by atoms with Gasteiger partial charge in [-0.2, -0.15) is 0 Å². The number of nitrogens with two attached hydrogens (primary N) is 1. The maximum Gasteiger partial charge on any atom is 0.127 e. The molecule has 1 aliphatic rings. The minimum absolute atomic E-state index is 0.0495. The lowest BCUT2D eigenvalue weighted by Crippen LogP contribution is -2.31. The number of allylic oxidation sites excluding steroid dienone is 1. The molecule has 2 unspecified atom stereocenters. The van der Waals surface area contributed by atoms with Gasteiger partial charge in [-0.25, -0.2) is 0 Å². The highest BCUT2D eigenvalue weighted by molar-refractivity contribution is 8.02. The van der Waals surface area contributed by atoms with Gasteiger partial charge in [-0.1, -0.05) is 54.2 Å². The van der Waals surface area contributed by atoms with Crippen LogP contribution < -0.4 is 15.8 Å². The molecule has 1 heterocycles. The summed E-state index contributed by atoms with van der Waals surface area (Å²) in [5.41, 5.74) is 9.68. The molecule has 3 N–H and O–H groups in total. The van der Waals surface area contributed by atoms with Crippen LogP contribution in [0.15, 0.2) is 65.7 Å². The fourth-order valence-electron chi connectivity index (χ4n) is 2.66. The first-order chi connectivity index (χ1) is 10.8. The highest BCUT2D eigenvalue weighted by atomic mass is 32.2. The Labute approximate surface area is 135 Å². The van der Waals surface area contributed by atoms with Crippen molar-refractivity contribution >= 4 is 11.8 Å². The zero-order valence-electron chi connectivity index (χ0n) is 12.5. The van der Waals surface area contributed by atoms with Crippen LogP contribution in [0.1, 0.15) is 17.0 Å². The standard InChI is InChI=1S/C18H20N2OS/c1-21-15-9-7-14(8-10-15)16(17-12-22-18(19)20-17)11-13-5-3-2-4-6-13/h2-10,12,16,18,20H,11,19H2,1H3. The van der Waals surface area contributed by atoms with Gasteiger partial charge in [0.1, 0.15) is 11.2 Å². The van der Waals surface area contributed by atoms with E-state index in [1.54, 1.807) is 18.9 Å². The van der Waals surface area contributed by atoms with Crippen LogP contribution in [-0.4, -0.2) is 12.6 Å².